The molecule has 1 aromatic heterocycles. The van der Waals surface area contributed by atoms with Crippen LogP contribution < -0.4 is 10.1 Å². The zero-order chi connectivity index (χ0) is 15.7. The lowest BCUT2D eigenvalue weighted by atomic mass is 10.0. The third-order valence-electron chi connectivity index (χ3n) is 3.23. The van der Waals surface area contributed by atoms with Gasteiger partial charge in [0.2, 0.25) is 5.88 Å². The van der Waals surface area contributed by atoms with E-state index in [-0.39, 0.29) is 5.91 Å². The largest absolute Gasteiger partial charge is 0.478 e. The monoisotopic (exact) mass is 294 g/mol. The van der Waals surface area contributed by atoms with Crippen LogP contribution in [-0.2, 0) is 9.53 Å². The average molecular weight is 294 g/mol. The fourth-order valence-electron chi connectivity index (χ4n) is 1.67. The van der Waals surface area contributed by atoms with E-state index in [9.17, 15) is 4.79 Å². The van der Waals surface area contributed by atoms with E-state index in [0.717, 1.165) is 12.8 Å². The first-order valence-electron chi connectivity index (χ1n) is 7.60. The maximum atomic E-state index is 12.3. The van der Waals surface area contributed by atoms with Crippen LogP contribution in [0.25, 0.3) is 0 Å². The fourth-order valence-corrected chi connectivity index (χ4v) is 1.67. The Hall–Kier alpha value is -1.62. The molecule has 1 unspecified atom stereocenters. The number of carbonyl (C=O) groups is 1. The molecule has 0 saturated carbocycles. The summed E-state index contributed by atoms with van der Waals surface area (Å²) in [5, 5.41) is 2.84. The lowest BCUT2D eigenvalue weighted by molar-refractivity contribution is -0.139. The van der Waals surface area contributed by atoms with Gasteiger partial charge in [0, 0.05) is 12.7 Å². The fraction of sp³-hybridized carbons (Fsp3) is 0.625. The van der Waals surface area contributed by atoms with Crippen molar-refractivity contribution in [2.75, 3.05) is 18.5 Å². The molecule has 1 amide bonds. The van der Waals surface area contributed by atoms with Gasteiger partial charge in [-0.15, -0.1) is 0 Å². The van der Waals surface area contributed by atoms with E-state index in [1.807, 2.05) is 27.7 Å². The topological polar surface area (TPSA) is 60.5 Å². The summed E-state index contributed by atoms with van der Waals surface area (Å²) in [6.07, 6.45) is 4.03. The molecule has 1 N–H and O–H groups in total. The van der Waals surface area contributed by atoms with Gasteiger partial charge in [-0.1, -0.05) is 20.8 Å². The van der Waals surface area contributed by atoms with Gasteiger partial charge in [-0.3, -0.25) is 4.79 Å². The molecular weight excluding hydrogens is 268 g/mol. The number of nitrogens with one attached hydrogen (secondary N) is 1. The summed E-state index contributed by atoms with van der Waals surface area (Å²) in [6.45, 7) is 9.01. The standard InChI is InChI=1S/C16H26N2O3/c1-5-10-20-14-9-8-13(12-17-14)18-15(19)16(4,7-3)21-11-6-2/h8-9,12H,5-7,10-11H2,1-4H3,(H,18,19). The van der Waals surface area contributed by atoms with Crippen molar-refractivity contribution in [3.8, 4) is 5.88 Å². The summed E-state index contributed by atoms with van der Waals surface area (Å²) in [4.78, 5) is 16.5. The van der Waals surface area contributed by atoms with Crippen LogP contribution in [0, 0.1) is 0 Å². The predicted molar refractivity (Wildman–Crippen MR) is 83.6 cm³/mol. The minimum absolute atomic E-state index is 0.150. The van der Waals surface area contributed by atoms with Crippen LogP contribution in [0.2, 0.25) is 0 Å². The van der Waals surface area contributed by atoms with Gasteiger partial charge in [0.15, 0.2) is 0 Å². The Balaban J connectivity index is 2.64. The maximum absolute atomic E-state index is 12.3. The van der Waals surface area contributed by atoms with E-state index < -0.39 is 5.60 Å². The van der Waals surface area contributed by atoms with Crippen LogP contribution in [0.1, 0.15) is 47.0 Å². The zero-order valence-corrected chi connectivity index (χ0v) is 13.4. The van der Waals surface area contributed by atoms with E-state index in [0.29, 0.717) is 31.2 Å². The molecule has 1 aromatic rings. The Labute approximate surface area is 127 Å². The molecule has 5 heteroatoms. The third-order valence-corrected chi connectivity index (χ3v) is 3.23. The summed E-state index contributed by atoms with van der Waals surface area (Å²) in [5.74, 6) is 0.415. The van der Waals surface area contributed by atoms with E-state index in [2.05, 4.69) is 10.3 Å². The molecule has 1 heterocycles. The number of hydrogen-bond acceptors (Lipinski definition) is 4. The van der Waals surface area contributed by atoms with Gasteiger partial charge in [0.1, 0.15) is 5.60 Å². The smallest absolute Gasteiger partial charge is 0.256 e. The Kier molecular flexibility index (Phi) is 7.15. The summed E-state index contributed by atoms with van der Waals surface area (Å²) >= 11 is 0. The second-order valence-corrected chi connectivity index (χ2v) is 5.12. The van der Waals surface area contributed by atoms with E-state index >= 15 is 0 Å². The van der Waals surface area contributed by atoms with Crippen molar-refractivity contribution in [2.24, 2.45) is 0 Å². The maximum Gasteiger partial charge on any atom is 0.256 e. The van der Waals surface area contributed by atoms with Crippen molar-refractivity contribution >= 4 is 11.6 Å². The quantitative estimate of drug-likeness (QED) is 0.758. The number of pyridine rings is 1. The summed E-state index contributed by atoms with van der Waals surface area (Å²) < 4.78 is 11.1. The molecule has 1 atom stereocenters. The molecule has 0 aromatic carbocycles. The van der Waals surface area contributed by atoms with Crippen LogP contribution in [0.5, 0.6) is 5.88 Å². The Morgan fingerprint density at radius 2 is 1.95 bits per heavy atom. The molecule has 0 fully saturated rings. The summed E-state index contributed by atoms with van der Waals surface area (Å²) in [7, 11) is 0. The van der Waals surface area contributed by atoms with E-state index in [1.165, 1.54) is 0 Å². The molecule has 5 nitrogen and oxygen atoms in total. The van der Waals surface area contributed by atoms with Crippen molar-refractivity contribution in [3.05, 3.63) is 18.3 Å². The number of rotatable bonds is 9. The summed E-state index contributed by atoms with van der Waals surface area (Å²) in [6, 6.07) is 3.53. The molecule has 0 aliphatic rings. The SMILES string of the molecule is CCCOc1ccc(NC(=O)C(C)(CC)OCCC)cn1. The first-order chi connectivity index (χ1) is 10.1. The minimum atomic E-state index is -0.812. The number of anilines is 1. The van der Waals surface area contributed by atoms with Crippen LogP contribution in [0.15, 0.2) is 18.3 Å². The highest BCUT2D eigenvalue weighted by Crippen LogP contribution is 2.19. The highest BCUT2D eigenvalue weighted by Gasteiger charge is 2.32. The molecule has 0 saturated heterocycles. The van der Waals surface area contributed by atoms with Crippen molar-refractivity contribution in [1.82, 2.24) is 4.98 Å². The average Bonchev–Trinajstić information content (AvgIpc) is 2.51. The second-order valence-electron chi connectivity index (χ2n) is 5.12. The highest BCUT2D eigenvalue weighted by atomic mass is 16.5. The van der Waals surface area contributed by atoms with Crippen LogP contribution >= 0.6 is 0 Å². The Morgan fingerprint density at radius 1 is 1.24 bits per heavy atom. The number of aromatic nitrogens is 1. The molecule has 21 heavy (non-hydrogen) atoms. The second kappa shape index (κ2) is 8.62. The van der Waals surface area contributed by atoms with Crippen LogP contribution in [-0.4, -0.2) is 29.7 Å². The van der Waals surface area contributed by atoms with Gasteiger partial charge >= 0.3 is 0 Å². The molecule has 0 aliphatic heterocycles. The molecule has 0 spiro atoms. The first-order valence-corrected chi connectivity index (χ1v) is 7.60. The van der Waals surface area contributed by atoms with Crippen LogP contribution in [0.4, 0.5) is 5.69 Å². The van der Waals surface area contributed by atoms with Crippen molar-refractivity contribution < 1.29 is 14.3 Å². The molecule has 118 valence electrons. The van der Waals surface area contributed by atoms with Gasteiger partial charge in [-0.25, -0.2) is 4.98 Å². The van der Waals surface area contributed by atoms with Gasteiger partial charge < -0.3 is 14.8 Å². The number of ether oxygens (including phenoxy) is 2. The van der Waals surface area contributed by atoms with Crippen molar-refractivity contribution in [1.29, 1.82) is 0 Å². The van der Waals surface area contributed by atoms with E-state index in [1.54, 1.807) is 18.3 Å². The summed E-state index contributed by atoms with van der Waals surface area (Å²) in [5.41, 5.74) is -0.170. The molecule has 0 radical (unpaired) electrons. The lowest BCUT2D eigenvalue weighted by Crippen LogP contribution is -2.42. The first kappa shape index (κ1) is 17.4. The Bertz CT molecular complexity index is 434. The van der Waals surface area contributed by atoms with Gasteiger partial charge in [-0.2, -0.15) is 0 Å². The normalized spacial score (nSPS) is 13.5. The molecule has 1 rings (SSSR count). The third kappa shape index (κ3) is 5.34. The van der Waals surface area contributed by atoms with Gasteiger partial charge in [-0.05, 0) is 32.3 Å². The molecule has 0 aliphatic carbocycles. The van der Waals surface area contributed by atoms with Crippen molar-refractivity contribution in [3.63, 3.8) is 0 Å². The zero-order valence-electron chi connectivity index (χ0n) is 13.4. The Morgan fingerprint density at radius 3 is 2.48 bits per heavy atom. The van der Waals surface area contributed by atoms with Gasteiger partial charge in [0.05, 0.1) is 18.5 Å². The molecule has 0 bridgehead atoms. The highest BCUT2D eigenvalue weighted by molar-refractivity contribution is 5.96. The number of hydrogen-bond donors (Lipinski definition) is 1. The van der Waals surface area contributed by atoms with Crippen LogP contribution in [0.3, 0.4) is 0 Å². The molecular formula is C16H26N2O3. The van der Waals surface area contributed by atoms with Gasteiger partial charge in [0.25, 0.3) is 5.91 Å². The number of amides is 1. The van der Waals surface area contributed by atoms with Crippen molar-refractivity contribution in [2.45, 2.75) is 52.6 Å². The number of carbonyl (C=O) groups excluding carboxylic acids is 1. The number of nitrogens with zero attached hydrogens (tertiary/aromatic N) is 1. The van der Waals surface area contributed by atoms with E-state index in [4.69, 9.17) is 9.47 Å². The predicted octanol–water partition coefficient (Wildman–Crippen LogP) is 3.40. The minimum Gasteiger partial charge on any atom is -0.478 e. The lowest BCUT2D eigenvalue weighted by Gasteiger charge is -2.27.